The Morgan fingerprint density at radius 1 is 1.29 bits per heavy atom. The molecule has 2 rings (SSSR count). The van der Waals surface area contributed by atoms with Gasteiger partial charge in [0, 0.05) is 18.7 Å². The zero-order valence-electron chi connectivity index (χ0n) is 8.72. The highest BCUT2D eigenvalue weighted by Crippen LogP contribution is 2.37. The predicted octanol–water partition coefficient (Wildman–Crippen LogP) is 3.14. The first-order valence-corrected chi connectivity index (χ1v) is 5.39. The lowest BCUT2D eigenvalue weighted by Gasteiger charge is -2.19. The average molecular weight is 264 g/mol. The van der Waals surface area contributed by atoms with Crippen LogP contribution in [0.5, 0.6) is 0 Å². The molecule has 1 fully saturated rings. The summed E-state index contributed by atoms with van der Waals surface area (Å²) in [6, 6.07) is 3.69. The third-order valence-corrected chi connectivity index (χ3v) is 2.98. The van der Waals surface area contributed by atoms with Gasteiger partial charge in [-0.15, -0.1) is 0 Å². The van der Waals surface area contributed by atoms with Crippen LogP contribution in [0.4, 0.5) is 18.9 Å². The molecule has 0 bridgehead atoms. The van der Waals surface area contributed by atoms with Gasteiger partial charge in [0.2, 0.25) is 0 Å². The summed E-state index contributed by atoms with van der Waals surface area (Å²) in [5, 5.41) is -0.327. The molecule has 0 radical (unpaired) electrons. The molecule has 0 saturated carbocycles. The fourth-order valence-electron chi connectivity index (χ4n) is 1.78. The maximum Gasteiger partial charge on any atom is 0.417 e. The van der Waals surface area contributed by atoms with Gasteiger partial charge in [0.25, 0.3) is 0 Å². The summed E-state index contributed by atoms with van der Waals surface area (Å²) in [7, 11) is 0. The Labute approximate surface area is 101 Å². The van der Waals surface area contributed by atoms with Gasteiger partial charge >= 0.3 is 6.18 Å². The molecule has 0 atom stereocenters. The van der Waals surface area contributed by atoms with Crippen LogP contribution in [0.1, 0.15) is 12.0 Å². The molecule has 1 saturated heterocycles. The Hall–Kier alpha value is -1.23. The van der Waals surface area contributed by atoms with Crippen molar-refractivity contribution in [3.8, 4) is 0 Å². The summed E-state index contributed by atoms with van der Waals surface area (Å²) < 4.78 is 37.9. The van der Waals surface area contributed by atoms with E-state index in [-0.39, 0.29) is 17.4 Å². The number of carbonyl (C=O) groups is 1. The number of anilines is 1. The maximum absolute atomic E-state index is 12.6. The van der Waals surface area contributed by atoms with Crippen LogP contribution < -0.4 is 4.90 Å². The fourth-order valence-corrected chi connectivity index (χ4v) is 2.00. The predicted molar refractivity (Wildman–Crippen MR) is 58.3 cm³/mol. The minimum Gasteiger partial charge on any atom is -0.364 e. The van der Waals surface area contributed by atoms with Gasteiger partial charge in [0.1, 0.15) is 0 Å². The number of benzene rings is 1. The number of Topliss-reactive ketones (excluding diaryl/α,β-unsaturated/α-hetero) is 1. The van der Waals surface area contributed by atoms with Crippen LogP contribution in [0.2, 0.25) is 5.02 Å². The molecule has 2 nitrogen and oxygen atoms in total. The Morgan fingerprint density at radius 2 is 2.00 bits per heavy atom. The molecular formula is C11H9ClF3NO. The quantitative estimate of drug-likeness (QED) is 0.776. The third-order valence-electron chi connectivity index (χ3n) is 2.65. The highest BCUT2D eigenvalue weighted by molar-refractivity contribution is 6.31. The zero-order valence-corrected chi connectivity index (χ0v) is 9.48. The van der Waals surface area contributed by atoms with Crippen molar-refractivity contribution in [2.45, 2.75) is 12.6 Å². The largest absolute Gasteiger partial charge is 0.417 e. The van der Waals surface area contributed by atoms with Crippen LogP contribution in [0.15, 0.2) is 18.2 Å². The van der Waals surface area contributed by atoms with E-state index >= 15 is 0 Å². The molecule has 17 heavy (non-hydrogen) atoms. The number of alkyl halides is 3. The lowest BCUT2D eigenvalue weighted by Crippen LogP contribution is -2.20. The summed E-state index contributed by atoms with van der Waals surface area (Å²) in [6.45, 7) is 0.622. The molecule has 0 amide bonds. The van der Waals surface area contributed by atoms with Crippen LogP contribution in [-0.2, 0) is 11.0 Å². The van der Waals surface area contributed by atoms with Crippen molar-refractivity contribution >= 4 is 23.1 Å². The van der Waals surface area contributed by atoms with Crippen LogP contribution in [0.25, 0.3) is 0 Å². The van der Waals surface area contributed by atoms with Crippen molar-refractivity contribution in [1.29, 1.82) is 0 Å². The van der Waals surface area contributed by atoms with E-state index < -0.39 is 11.7 Å². The van der Waals surface area contributed by atoms with Crippen molar-refractivity contribution < 1.29 is 18.0 Å². The Morgan fingerprint density at radius 3 is 2.53 bits per heavy atom. The van der Waals surface area contributed by atoms with Gasteiger partial charge in [0.15, 0.2) is 5.78 Å². The van der Waals surface area contributed by atoms with E-state index in [9.17, 15) is 18.0 Å². The first-order chi connectivity index (χ1) is 7.88. The number of carbonyl (C=O) groups excluding carboxylic acids is 1. The second-order valence-electron chi connectivity index (χ2n) is 3.87. The second-order valence-corrected chi connectivity index (χ2v) is 4.28. The lowest BCUT2D eigenvalue weighted by molar-refractivity contribution is -0.137. The van der Waals surface area contributed by atoms with E-state index in [4.69, 9.17) is 11.6 Å². The van der Waals surface area contributed by atoms with E-state index in [1.54, 1.807) is 4.90 Å². The van der Waals surface area contributed by atoms with Gasteiger partial charge in [-0.05, 0) is 18.2 Å². The number of rotatable bonds is 1. The van der Waals surface area contributed by atoms with E-state index in [0.29, 0.717) is 18.7 Å². The van der Waals surface area contributed by atoms with Gasteiger partial charge in [0.05, 0.1) is 17.1 Å². The van der Waals surface area contributed by atoms with Crippen molar-refractivity contribution in [3.63, 3.8) is 0 Å². The summed E-state index contributed by atoms with van der Waals surface area (Å²) in [6.07, 6.45) is -4.10. The first kappa shape index (κ1) is 12.2. The molecule has 0 aliphatic carbocycles. The minimum absolute atomic E-state index is 0.0357. The fraction of sp³-hybridized carbons (Fsp3) is 0.364. The SMILES string of the molecule is O=C1CCN(c2ccc(Cl)c(C(F)(F)F)c2)C1. The van der Waals surface area contributed by atoms with Gasteiger partial charge in [-0.25, -0.2) is 0 Å². The van der Waals surface area contributed by atoms with Gasteiger partial charge in [-0.1, -0.05) is 11.6 Å². The number of halogens is 4. The standard InChI is InChI=1S/C11H9ClF3NO/c12-10-2-1-7(5-9(10)11(13,14)15)16-4-3-8(17)6-16/h1-2,5H,3-4,6H2. The van der Waals surface area contributed by atoms with Gasteiger partial charge < -0.3 is 4.90 Å². The molecule has 1 aliphatic rings. The van der Waals surface area contributed by atoms with E-state index in [2.05, 4.69) is 0 Å². The van der Waals surface area contributed by atoms with E-state index in [1.807, 2.05) is 0 Å². The van der Waals surface area contributed by atoms with Crippen molar-refractivity contribution in [2.24, 2.45) is 0 Å². The molecule has 1 aromatic rings. The van der Waals surface area contributed by atoms with Crippen LogP contribution in [0.3, 0.4) is 0 Å². The first-order valence-electron chi connectivity index (χ1n) is 5.01. The highest BCUT2D eigenvalue weighted by atomic mass is 35.5. The summed E-state index contributed by atoms with van der Waals surface area (Å²) in [4.78, 5) is 12.7. The summed E-state index contributed by atoms with van der Waals surface area (Å²) in [5.41, 5.74) is -0.483. The molecular weight excluding hydrogens is 255 g/mol. The second kappa shape index (κ2) is 4.22. The monoisotopic (exact) mass is 263 g/mol. The Kier molecular flexibility index (Phi) is 3.03. The number of ketones is 1. The molecule has 0 unspecified atom stereocenters. The minimum atomic E-state index is -4.48. The van der Waals surface area contributed by atoms with E-state index in [1.165, 1.54) is 12.1 Å². The number of hydrogen-bond donors (Lipinski definition) is 0. The molecule has 1 aliphatic heterocycles. The molecule has 0 spiro atoms. The third kappa shape index (κ3) is 2.54. The highest BCUT2D eigenvalue weighted by Gasteiger charge is 2.34. The average Bonchev–Trinajstić information content (AvgIpc) is 2.64. The van der Waals surface area contributed by atoms with Crippen molar-refractivity contribution in [3.05, 3.63) is 28.8 Å². The number of nitrogens with zero attached hydrogens (tertiary/aromatic N) is 1. The zero-order chi connectivity index (χ0) is 12.6. The summed E-state index contributed by atoms with van der Waals surface area (Å²) in [5.74, 6) is 0.0357. The molecule has 0 N–H and O–H groups in total. The lowest BCUT2D eigenvalue weighted by atomic mass is 10.2. The van der Waals surface area contributed by atoms with Crippen LogP contribution in [0, 0.1) is 0 Å². The molecule has 6 heteroatoms. The normalized spacial score (nSPS) is 16.7. The van der Waals surface area contributed by atoms with Gasteiger partial charge in [-0.2, -0.15) is 13.2 Å². The van der Waals surface area contributed by atoms with Crippen LogP contribution >= 0.6 is 11.6 Å². The van der Waals surface area contributed by atoms with E-state index in [0.717, 1.165) is 6.07 Å². The molecule has 92 valence electrons. The smallest absolute Gasteiger partial charge is 0.364 e. The maximum atomic E-state index is 12.6. The molecule has 1 heterocycles. The topological polar surface area (TPSA) is 20.3 Å². The Balaban J connectivity index is 2.34. The summed E-state index contributed by atoms with van der Waals surface area (Å²) >= 11 is 5.51. The number of hydrogen-bond acceptors (Lipinski definition) is 2. The van der Waals surface area contributed by atoms with Crippen LogP contribution in [-0.4, -0.2) is 18.9 Å². The molecule has 1 aromatic carbocycles. The van der Waals surface area contributed by atoms with Crippen molar-refractivity contribution in [1.82, 2.24) is 0 Å². The molecule has 0 aromatic heterocycles. The van der Waals surface area contributed by atoms with Crippen molar-refractivity contribution in [2.75, 3.05) is 18.0 Å². The Bertz CT molecular complexity index is 459. The van der Waals surface area contributed by atoms with Gasteiger partial charge in [-0.3, -0.25) is 4.79 Å².